The highest BCUT2D eigenvalue weighted by Crippen LogP contribution is 2.64. The molecule has 2 saturated heterocycles. The van der Waals surface area contributed by atoms with Crippen LogP contribution < -0.4 is 10.6 Å². The van der Waals surface area contributed by atoms with Gasteiger partial charge in [0.15, 0.2) is 5.72 Å². The molecule has 1 saturated carbocycles. The van der Waals surface area contributed by atoms with E-state index in [-0.39, 0.29) is 23.8 Å². The van der Waals surface area contributed by atoms with Crippen LogP contribution in [0.5, 0.6) is 0 Å². The zero-order valence-corrected chi connectivity index (χ0v) is 26.5. The van der Waals surface area contributed by atoms with Crippen LogP contribution in [-0.2, 0) is 19.0 Å². The van der Waals surface area contributed by atoms with Crippen LogP contribution in [0.1, 0.15) is 59.4 Å². The smallest absolute Gasteiger partial charge is 0.433 e. The number of hydrogen-bond donors (Lipinski definition) is 2. The Morgan fingerprint density at radius 3 is 2.43 bits per heavy atom. The molecule has 1 aromatic rings. The summed E-state index contributed by atoms with van der Waals surface area (Å²) < 4.78 is 15.9. The molecule has 2 N–H and O–H groups in total. The molecule has 0 radical (unpaired) electrons. The van der Waals surface area contributed by atoms with Crippen molar-refractivity contribution in [3.8, 4) is 0 Å². The maximum absolute atomic E-state index is 13.8. The summed E-state index contributed by atoms with van der Waals surface area (Å²) >= 11 is 6.11. The van der Waals surface area contributed by atoms with E-state index in [1.165, 1.54) is 5.56 Å². The number of carbonyl (C=O) groups is 3. The number of ether oxygens (including phenoxy) is 3. The highest BCUT2D eigenvalue weighted by atomic mass is 35.5. The van der Waals surface area contributed by atoms with Gasteiger partial charge in [-0.3, -0.25) is 9.69 Å². The quantitative estimate of drug-likeness (QED) is 0.315. The first kappa shape index (κ1) is 32.4. The van der Waals surface area contributed by atoms with Crippen molar-refractivity contribution in [2.45, 2.75) is 65.6 Å². The lowest BCUT2D eigenvalue weighted by molar-refractivity contribution is -0.135. The van der Waals surface area contributed by atoms with Gasteiger partial charge in [0.2, 0.25) is 5.91 Å². The second-order valence-electron chi connectivity index (χ2n) is 13.3. The number of nitrogens with zero attached hydrogens (tertiary/aromatic N) is 2. The molecule has 11 heteroatoms. The fraction of sp³-hybridized carbons (Fsp3) is 0.710. The molecule has 1 aliphatic carbocycles. The van der Waals surface area contributed by atoms with E-state index in [2.05, 4.69) is 41.5 Å². The number of urea groups is 1. The number of hydrogen-bond acceptors (Lipinski definition) is 7. The maximum Gasteiger partial charge on any atom is 0.510 e. The first-order valence-electron chi connectivity index (χ1n) is 15.1. The summed E-state index contributed by atoms with van der Waals surface area (Å²) in [6.07, 6.45) is 0.0471. The molecular weight excluding hydrogens is 560 g/mol. The summed E-state index contributed by atoms with van der Waals surface area (Å²) in [6, 6.07) is 6.82. The van der Waals surface area contributed by atoms with Crippen LogP contribution in [0.25, 0.3) is 0 Å². The molecule has 4 unspecified atom stereocenters. The standard InChI is InChI=1S/C31H47ClN4O6/c1-20(2)26(33-28(38)34-31(5,6)42-29(39)41-18-15-35-13-16-40-17-14-35)27(37)36-12-11-23-24(25(23)30(3,4)19-36)21-7-9-22(32)10-8-21/h7-10,20,23-26H,11-19H2,1-6H3,(H2,33,34,38). The normalized spacial score (nSPS) is 24.7. The van der Waals surface area contributed by atoms with Crippen LogP contribution in [0.2, 0.25) is 5.02 Å². The van der Waals surface area contributed by atoms with E-state index in [0.717, 1.165) is 24.5 Å². The molecule has 4 atom stereocenters. The van der Waals surface area contributed by atoms with E-state index >= 15 is 0 Å². The van der Waals surface area contributed by atoms with E-state index in [4.69, 9.17) is 25.8 Å². The Morgan fingerprint density at radius 2 is 1.79 bits per heavy atom. The Morgan fingerprint density at radius 1 is 1.12 bits per heavy atom. The number of carbonyl (C=O) groups excluding carboxylic acids is 3. The third-order valence-electron chi connectivity index (χ3n) is 8.67. The summed E-state index contributed by atoms with van der Waals surface area (Å²) in [6.45, 7) is 16.3. The molecule has 4 rings (SSSR count). The van der Waals surface area contributed by atoms with Crippen LogP contribution in [0.3, 0.4) is 0 Å². The predicted octanol–water partition coefficient (Wildman–Crippen LogP) is 4.47. The van der Waals surface area contributed by atoms with Crippen LogP contribution in [-0.4, -0.2) is 92.2 Å². The van der Waals surface area contributed by atoms with Crippen molar-refractivity contribution >= 4 is 29.7 Å². The minimum absolute atomic E-state index is 0.0805. The maximum atomic E-state index is 13.8. The summed E-state index contributed by atoms with van der Waals surface area (Å²) in [7, 11) is 0. The minimum Gasteiger partial charge on any atom is -0.433 e. The van der Waals surface area contributed by atoms with Crippen molar-refractivity contribution in [2.24, 2.45) is 23.2 Å². The number of amides is 3. The summed E-state index contributed by atoms with van der Waals surface area (Å²) in [5.74, 6) is 1.24. The Bertz CT molecular complexity index is 1110. The SMILES string of the molecule is CC(C)C(NC(=O)NC(C)(C)OC(=O)OCCN1CCOCC1)C(=O)N1CCC2C(c3ccc(Cl)cc3)C2C(C)(C)C1. The lowest BCUT2D eigenvalue weighted by Gasteiger charge is -2.35. The van der Waals surface area contributed by atoms with Crippen LogP contribution in [0.4, 0.5) is 9.59 Å². The number of nitrogens with one attached hydrogen (secondary N) is 2. The van der Waals surface area contributed by atoms with Crippen molar-refractivity contribution in [3.63, 3.8) is 0 Å². The van der Waals surface area contributed by atoms with Gasteiger partial charge in [-0.2, -0.15) is 0 Å². The highest BCUT2D eigenvalue weighted by Gasteiger charge is 2.59. The average Bonchev–Trinajstić information content (AvgIpc) is 3.66. The Labute approximate surface area is 254 Å². The fourth-order valence-electron chi connectivity index (χ4n) is 6.61. The highest BCUT2D eigenvalue weighted by molar-refractivity contribution is 6.30. The third kappa shape index (κ3) is 8.29. The monoisotopic (exact) mass is 606 g/mol. The molecular formula is C31H47ClN4O6. The number of morpholine rings is 1. The van der Waals surface area contributed by atoms with Gasteiger partial charge in [-0.05, 0) is 67.1 Å². The zero-order valence-electron chi connectivity index (χ0n) is 25.8. The molecule has 0 spiro atoms. The van der Waals surface area contributed by atoms with E-state index in [1.807, 2.05) is 30.9 Å². The van der Waals surface area contributed by atoms with Crippen molar-refractivity contribution in [3.05, 3.63) is 34.9 Å². The molecule has 10 nitrogen and oxygen atoms in total. The second-order valence-corrected chi connectivity index (χ2v) is 13.7. The van der Waals surface area contributed by atoms with Crippen molar-refractivity contribution in [2.75, 3.05) is 52.5 Å². The largest absolute Gasteiger partial charge is 0.510 e. The first-order chi connectivity index (χ1) is 19.8. The van der Waals surface area contributed by atoms with Crippen molar-refractivity contribution in [1.29, 1.82) is 0 Å². The van der Waals surface area contributed by atoms with Gasteiger partial charge in [0.05, 0.1) is 13.2 Å². The molecule has 3 amide bonds. The van der Waals surface area contributed by atoms with Gasteiger partial charge in [0.25, 0.3) is 0 Å². The predicted molar refractivity (Wildman–Crippen MR) is 160 cm³/mol. The summed E-state index contributed by atoms with van der Waals surface area (Å²) in [4.78, 5) is 43.1. The number of benzene rings is 1. The Kier molecular flexibility index (Phi) is 10.3. The lowest BCUT2D eigenvalue weighted by atomic mass is 9.84. The topological polar surface area (TPSA) is 109 Å². The number of likely N-dealkylation sites (tertiary alicyclic amines) is 1. The van der Waals surface area contributed by atoms with Gasteiger partial charge in [-0.15, -0.1) is 0 Å². The van der Waals surface area contributed by atoms with E-state index in [9.17, 15) is 14.4 Å². The molecule has 3 aliphatic rings. The fourth-order valence-corrected chi connectivity index (χ4v) is 6.74. The molecule has 2 heterocycles. The third-order valence-corrected chi connectivity index (χ3v) is 8.92. The number of fused-ring (bicyclic) bond motifs is 1. The van der Waals surface area contributed by atoms with E-state index in [1.54, 1.807) is 13.8 Å². The van der Waals surface area contributed by atoms with Crippen LogP contribution in [0, 0.1) is 23.2 Å². The zero-order chi connectivity index (χ0) is 30.7. The van der Waals surface area contributed by atoms with Gasteiger partial charge in [-0.25, -0.2) is 9.59 Å². The van der Waals surface area contributed by atoms with Gasteiger partial charge < -0.3 is 29.7 Å². The average molecular weight is 607 g/mol. The summed E-state index contributed by atoms with van der Waals surface area (Å²) in [5.41, 5.74) is -0.109. The van der Waals surface area contributed by atoms with Gasteiger partial charge >= 0.3 is 12.2 Å². The summed E-state index contributed by atoms with van der Waals surface area (Å²) in [5, 5.41) is 6.23. The Hall–Kier alpha value is -2.56. The van der Waals surface area contributed by atoms with Gasteiger partial charge in [-0.1, -0.05) is 51.4 Å². The van der Waals surface area contributed by atoms with Crippen LogP contribution in [0.15, 0.2) is 24.3 Å². The molecule has 0 bridgehead atoms. The molecule has 42 heavy (non-hydrogen) atoms. The molecule has 1 aromatic carbocycles. The van der Waals surface area contributed by atoms with E-state index < -0.39 is 24.0 Å². The first-order valence-corrected chi connectivity index (χ1v) is 15.4. The minimum atomic E-state index is -1.34. The molecule has 234 valence electrons. The number of rotatable bonds is 9. The molecule has 2 aliphatic heterocycles. The lowest BCUT2D eigenvalue weighted by Crippen LogP contribution is -2.58. The van der Waals surface area contributed by atoms with Crippen molar-refractivity contribution < 1.29 is 28.6 Å². The van der Waals surface area contributed by atoms with Gasteiger partial charge in [0, 0.05) is 37.7 Å². The molecule has 3 fully saturated rings. The molecule has 0 aromatic heterocycles. The van der Waals surface area contributed by atoms with E-state index in [0.29, 0.717) is 50.6 Å². The number of halogens is 1. The Balaban J connectivity index is 1.28. The van der Waals surface area contributed by atoms with Crippen LogP contribution >= 0.6 is 11.6 Å². The second kappa shape index (κ2) is 13.4. The van der Waals surface area contributed by atoms with Crippen molar-refractivity contribution in [1.82, 2.24) is 20.4 Å². The van der Waals surface area contributed by atoms with Gasteiger partial charge in [0.1, 0.15) is 12.6 Å².